The number of hydrogen-bond acceptors (Lipinski definition) is 1. The Morgan fingerprint density at radius 3 is 2.90 bits per heavy atom. The predicted octanol–water partition coefficient (Wildman–Crippen LogP) is 1.71. The van der Waals surface area contributed by atoms with Crippen LogP contribution < -0.4 is 0 Å². The van der Waals surface area contributed by atoms with Crippen LogP contribution in [0.15, 0.2) is 17.1 Å². The monoisotopic (exact) mass is 137 g/mol. The highest BCUT2D eigenvalue weighted by Crippen LogP contribution is 1.99. The molecule has 0 radical (unpaired) electrons. The molecule has 1 aliphatic heterocycles. The van der Waals surface area contributed by atoms with Crippen LogP contribution in [0.3, 0.4) is 0 Å². The molecule has 0 aromatic heterocycles. The molecule has 1 amide bonds. The standard InChI is InChI=1S/C8H11NO/c10-8-6-4-2-1-3-5-7-9-8/h1-2,7H,3-6H2. The summed E-state index contributed by atoms with van der Waals surface area (Å²) in [6.45, 7) is 0. The molecule has 1 aliphatic rings. The van der Waals surface area contributed by atoms with E-state index in [-0.39, 0.29) is 5.91 Å². The summed E-state index contributed by atoms with van der Waals surface area (Å²) in [4.78, 5) is 14.5. The van der Waals surface area contributed by atoms with Gasteiger partial charge in [-0.1, -0.05) is 12.2 Å². The van der Waals surface area contributed by atoms with Gasteiger partial charge < -0.3 is 0 Å². The molecular weight excluding hydrogens is 126 g/mol. The van der Waals surface area contributed by atoms with E-state index >= 15 is 0 Å². The van der Waals surface area contributed by atoms with E-state index in [4.69, 9.17) is 0 Å². The van der Waals surface area contributed by atoms with Gasteiger partial charge in [-0.25, -0.2) is 4.99 Å². The second kappa shape index (κ2) is 3.99. The van der Waals surface area contributed by atoms with Crippen LogP contribution in [-0.4, -0.2) is 12.1 Å². The Labute approximate surface area is 60.7 Å². The fourth-order valence-electron chi connectivity index (χ4n) is 0.844. The summed E-state index contributed by atoms with van der Waals surface area (Å²) in [5.74, 6) is 0.00606. The number of rotatable bonds is 0. The van der Waals surface area contributed by atoms with Crippen LogP contribution in [0.2, 0.25) is 0 Å². The molecule has 10 heavy (non-hydrogen) atoms. The average molecular weight is 137 g/mol. The van der Waals surface area contributed by atoms with E-state index in [0.717, 1.165) is 19.3 Å². The highest BCUT2D eigenvalue weighted by atomic mass is 16.1. The maximum atomic E-state index is 10.8. The van der Waals surface area contributed by atoms with Crippen LogP contribution in [0.25, 0.3) is 0 Å². The number of hydrogen-bond donors (Lipinski definition) is 0. The number of aliphatic imine (C=N–C) groups is 1. The third-order valence-electron chi connectivity index (χ3n) is 1.39. The summed E-state index contributed by atoms with van der Waals surface area (Å²) in [7, 11) is 0. The fraction of sp³-hybridized carbons (Fsp3) is 0.500. The first-order valence-corrected chi connectivity index (χ1v) is 3.60. The summed E-state index contributed by atoms with van der Waals surface area (Å²) in [5.41, 5.74) is 0. The average Bonchev–Trinajstić information content (AvgIpc) is 2.02. The lowest BCUT2D eigenvalue weighted by atomic mass is 10.2. The van der Waals surface area contributed by atoms with Gasteiger partial charge in [-0.3, -0.25) is 4.79 Å². The molecule has 0 bridgehead atoms. The smallest absolute Gasteiger partial charge is 0.245 e. The number of carbonyl (C=O) groups excluding carboxylic acids is 1. The molecule has 0 aliphatic carbocycles. The summed E-state index contributed by atoms with van der Waals surface area (Å²) >= 11 is 0. The first kappa shape index (κ1) is 7.19. The molecule has 54 valence electrons. The molecule has 1 rings (SSSR count). The van der Waals surface area contributed by atoms with Crippen molar-refractivity contribution in [2.75, 3.05) is 0 Å². The molecule has 0 fully saturated rings. The summed E-state index contributed by atoms with van der Waals surface area (Å²) in [6.07, 6.45) is 9.16. The van der Waals surface area contributed by atoms with Crippen molar-refractivity contribution < 1.29 is 4.79 Å². The van der Waals surface area contributed by atoms with Crippen LogP contribution in [0.4, 0.5) is 0 Å². The Morgan fingerprint density at radius 2 is 2.00 bits per heavy atom. The maximum Gasteiger partial charge on any atom is 0.245 e. The van der Waals surface area contributed by atoms with Crippen LogP contribution in [0, 0.1) is 0 Å². The van der Waals surface area contributed by atoms with Gasteiger partial charge in [0.1, 0.15) is 0 Å². The van der Waals surface area contributed by atoms with Gasteiger partial charge in [0.25, 0.3) is 0 Å². The molecule has 0 unspecified atom stereocenters. The van der Waals surface area contributed by atoms with Gasteiger partial charge in [-0.15, -0.1) is 0 Å². The minimum absolute atomic E-state index is 0.00606. The zero-order chi connectivity index (χ0) is 7.23. The second-order valence-corrected chi connectivity index (χ2v) is 2.29. The Hall–Kier alpha value is -0.920. The summed E-state index contributed by atoms with van der Waals surface area (Å²) in [6, 6.07) is 0. The van der Waals surface area contributed by atoms with E-state index < -0.39 is 0 Å². The number of carbonyl (C=O) groups is 1. The second-order valence-electron chi connectivity index (χ2n) is 2.29. The van der Waals surface area contributed by atoms with Gasteiger partial charge in [0.15, 0.2) is 0 Å². The predicted molar refractivity (Wildman–Crippen MR) is 41.1 cm³/mol. The lowest BCUT2D eigenvalue weighted by molar-refractivity contribution is -0.117. The van der Waals surface area contributed by atoms with Crippen LogP contribution >= 0.6 is 0 Å². The van der Waals surface area contributed by atoms with E-state index in [1.807, 2.05) is 6.08 Å². The maximum absolute atomic E-state index is 10.8. The van der Waals surface area contributed by atoms with Gasteiger partial charge in [0.05, 0.1) is 0 Å². The largest absolute Gasteiger partial charge is 0.273 e. The van der Waals surface area contributed by atoms with E-state index in [1.54, 1.807) is 6.21 Å². The molecule has 0 aromatic carbocycles. The molecule has 0 atom stereocenters. The third-order valence-corrected chi connectivity index (χ3v) is 1.39. The lowest BCUT2D eigenvalue weighted by Crippen LogP contribution is -1.90. The Morgan fingerprint density at radius 1 is 1.20 bits per heavy atom. The Kier molecular flexibility index (Phi) is 2.87. The topological polar surface area (TPSA) is 29.4 Å². The Bertz CT molecular complexity index is 170. The first-order valence-electron chi connectivity index (χ1n) is 3.60. The van der Waals surface area contributed by atoms with Gasteiger partial charge in [0, 0.05) is 12.6 Å². The lowest BCUT2D eigenvalue weighted by Gasteiger charge is -1.85. The summed E-state index contributed by atoms with van der Waals surface area (Å²) < 4.78 is 0. The zero-order valence-corrected chi connectivity index (χ0v) is 5.92. The molecule has 2 heteroatoms. The molecule has 0 spiro atoms. The Balaban J connectivity index is 2.47. The first-order chi connectivity index (χ1) is 4.89. The van der Waals surface area contributed by atoms with Crippen molar-refractivity contribution in [2.45, 2.75) is 25.7 Å². The molecule has 2 nitrogen and oxygen atoms in total. The van der Waals surface area contributed by atoms with E-state index in [9.17, 15) is 4.79 Å². The normalized spacial score (nSPS) is 19.8. The van der Waals surface area contributed by atoms with Gasteiger partial charge in [-0.2, -0.15) is 0 Å². The van der Waals surface area contributed by atoms with Crippen LogP contribution in [0.1, 0.15) is 25.7 Å². The van der Waals surface area contributed by atoms with Crippen molar-refractivity contribution >= 4 is 12.1 Å². The van der Waals surface area contributed by atoms with Gasteiger partial charge in [0.2, 0.25) is 5.91 Å². The SMILES string of the molecule is O=C1CCC=CCCC=N1. The van der Waals surface area contributed by atoms with E-state index in [0.29, 0.717) is 6.42 Å². The molecule has 0 saturated heterocycles. The van der Waals surface area contributed by atoms with E-state index in [2.05, 4.69) is 11.1 Å². The van der Waals surface area contributed by atoms with E-state index in [1.165, 1.54) is 0 Å². The van der Waals surface area contributed by atoms with Crippen LogP contribution in [0.5, 0.6) is 0 Å². The van der Waals surface area contributed by atoms with Crippen molar-refractivity contribution in [3.8, 4) is 0 Å². The van der Waals surface area contributed by atoms with Gasteiger partial charge in [-0.05, 0) is 19.3 Å². The van der Waals surface area contributed by atoms with Gasteiger partial charge >= 0.3 is 0 Å². The fourth-order valence-corrected chi connectivity index (χ4v) is 0.844. The quantitative estimate of drug-likeness (QED) is 0.467. The number of nitrogens with zero attached hydrogens (tertiary/aromatic N) is 1. The molecule has 0 saturated carbocycles. The highest BCUT2D eigenvalue weighted by Gasteiger charge is 1.95. The highest BCUT2D eigenvalue weighted by molar-refractivity contribution is 5.85. The zero-order valence-electron chi connectivity index (χ0n) is 5.92. The number of allylic oxidation sites excluding steroid dienone is 2. The minimum atomic E-state index is 0.00606. The third kappa shape index (κ3) is 2.58. The van der Waals surface area contributed by atoms with Crippen molar-refractivity contribution in [1.82, 2.24) is 0 Å². The van der Waals surface area contributed by atoms with Crippen molar-refractivity contribution in [3.63, 3.8) is 0 Å². The van der Waals surface area contributed by atoms with Crippen molar-refractivity contribution in [1.29, 1.82) is 0 Å². The van der Waals surface area contributed by atoms with Crippen molar-refractivity contribution in [3.05, 3.63) is 12.2 Å². The molecular formula is C8H11NO. The minimum Gasteiger partial charge on any atom is -0.273 e. The molecule has 0 aromatic rings. The molecule has 1 heterocycles. The summed E-state index contributed by atoms with van der Waals surface area (Å²) in [5, 5.41) is 0. The molecule has 0 N–H and O–H groups in total. The van der Waals surface area contributed by atoms with Crippen LogP contribution in [-0.2, 0) is 4.79 Å². The number of amides is 1. The van der Waals surface area contributed by atoms with Crippen molar-refractivity contribution in [2.24, 2.45) is 4.99 Å².